The molecule has 0 spiro atoms. The number of hydrogen-bond acceptors (Lipinski definition) is 8. The van der Waals surface area contributed by atoms with Crippen molar-refractivity contribution in [2.45, 2.75) is 44.4 Å². The summed E-state index contributed by atoms with van der Waals surface area (Å²) >= 11 is 0. The number of pyridine rings is 1. The van der Waals surface area contributed by atoms with Crippen molar-refractivity contribution in [2.75, 3.05) is 32.3 Å². The Labute approximate surface area is 214 Å². The smallest absolute Gasteiger partial charge is 0.254 e. The monoisotopic (exact) mass is 502 g/mol. The van der Waals surface area contributed by atoms with Crippen LogP contribution in [0.25, 0.3) is 10.9 Å². The zero-order valence-electron chi connectivity index (χ0n) is 21.0. The Balaban J connectivity index is 1.53. The predicted molar refractivity (Wildman–Crippen MR) is 138 cm³/mol. The second-order valence-electron chi connectivity index (χ2n) is 9.53. The van der Waals surface area contributed by atoms with Crippen molar-refractivity contribution in [3.63, 3.8) is 0 Å². The third-order valence-corrected chi connectivity index (χ3v) is 7.33. The summed E-state index contributed by atoms with van der Waals surface area (Å²) in [5.41, 5.74) is 3.39. The Morgan fingerprint density at radius 1 is 1.14 bits per heavy atom. The third-order valence-electron chi connectivity index (χ3n) is 7.33. The Kier molecular flexibility index (Phi) is 6.25. The van der Waals surface area contributed by atoms with Crippen LogP contribution in [0.5, 0.6) is 11.5 Å². The van der Waals surface area contributed by atoms with Gasteiger partial charge in [-0.3, -0.25) is 4.79 Å². The molecule has 2 aromatic carbocycles. The van der Waals surface area contributed by atoms with Gasteiger partial charge in [-0.25, -0.2) is 4.68 Å². The van der Waals surface area contributed by atoms with Crippen molar-refractivity contribution in [2.24, 2.45) is 0 Å². The van der Waals surface area contributed by atoms with Gasteiger partial charge in [-0.15, -0.1) is 5.10 Å². The van der Waals surface area contributed by atoms with Gasteiger partial charge in [-0.05, 0) is 59.9 Å². The lowest BCUT2D eigenvalue weighted by atomic mass is 9.96. The van der Waals surface area contributed by atoms with E-state index in [-0.39, 0.29) is 11.7 Å². The molecule has 1 saturated heterocycles. The van der Waals surface area contributed by atoms with Crippen LogP contribution in [0.3, 0.4) is 0 Å². The first kappa shape index (κ1) is 23.5. The van der Waals surface area contributed by atoms with Crippen molar-refractivity contribution < 1.29 is 14.2 Å². The number of H-pyrrole nitrogens is 1. The number of anilines is 1. The minimum atomic E-state index is -0.487. The minimum Gasteiger partial charge on any atom is -0.493 e. The number of nitrogens with zero attached hydrogens (tertiary/aromatic N) is 5. The fraction of sp³-hybridized carbons (Fsp3) is 0.407. The lowest BCUT2D eigenvalue weighted by molar-refractivity contribution is 0.0924. The molecule has 4 aromatic rings. The lowest BCUT2D eigenvalue weighted by Gasteiger charge is -2.37. The van der Waals surface area contributed by atoms with Crippen LogP contribution in [0.4, 0.5) is 5.69 Å². The first-order chi connectivity index (χ1) is 18.2. The topological polar surface area (TPSA) is 107 Å². The maximum atomic E-state index is 13.7. The van der Waals surface area contributed by atoms with Crippen LogP contribution in [0.2, 0.25) is 0 Å². The number of aromatic nitrogens is 5. The van der Waals surface area contributed by atoms with Gasteiger partial charge in [0.1, 0.15) is 6.04 Å². The second-order valence-corrected chi connectivity index (χ2v) is 9.53. The summed E-state index contributed by atoms with van der Waals surface area (Å²) in [6, 6.07) is 13.4. The van der Waals surface area contributed by atoms with E-state index in [9.17, 15) is 4.79 Å². The summed E-state index contributed by atoms with van der Waals surface area (Å²) in [7, 11) is 3.18. The maximum Gasteiger partial charge on any atom is 0.254 e. The highest BCUT2D eigenvalue weighted by molar-refractivity contribution is 5.83. The first-order valence-electron chi connectivity index (χ1n) is 12.7. The molecule has 1 N–H and O–H groups in total. The van der Waals surface area contributed by atoms with Crippen molar-refractivity contribution in [1.82, 2.24) is 25.2 Å². The van der Waals surface area contributed by atoms with Crippen LogP contribution in [-0.2, 0) is 17.7 Å². The van der Waals surface area contributed by atoms with Crippen molar-refractivity contribution in [3.8, 4) is 11.5 Å². The molecular weight excluding hydrogens is 472 g/mol. The second kappa shape index (κ2) is 9.85. The van der Waals surface area contributed by atoms with Gasteiger partial charge in [0.15, 0.2) is 17.3 Å². The molecule has 4 heterocycles. The molecule has 0 aliphatic carbocycles. The molecule has 2 aliphatic rings. The summed E-state index contributed by atoms with van der Waals surface area (Å²) in [4.78, 5) is 19.0. The molecule has 2 aromatic heterocycles. The average Bonchev–Trinajstić information content (AvgIpc) is 3.61. The number of aromatic amines is 1. The quantitative estimate of drug-likeness (QED) is 0.410. The predicted octanol–water partition coefficient (Wildman–Crippen LogP) is 3.25. The van der Waals surface area contributed by atoms with E-state index in [2.05, 4.69) is 43.6 Å². The zero-order chi connectivity index (χ0) is 25.4. The average molecular weight is 503 g/mol. The van der Waals surface area contributed by atoms with E-state index in [1.54, 1.807) is 25.0 Å². The van der Waals surface area contributed by atoms with Crippen LogP contribution in [0.15, 0.2) is 47.3 Å². The number of hydrogen-bond donors (Lipinski definition) is 1. The normalized spacial score (nSPS) is 18.1. The van der Waals surface area contributed by atoms with Gasteiger partial charge in [-0.2, -0.15) is 0 Å². The standard InChI is InChI=1S/C27H30N6O4/c1-35-23-14-18-13-20(27(34)28-21(18)15-24(23)36-2)25(32-11-5-8-17-7-3-4-10-22(17)32)26-29-30-31-33(26)16-19-9-6-12-37-19/h3-4,7,10,13-15,19,25H,5-6,8-9,11-12,16H2,1-2H3,(H,28,34)/t19-,25+/m1/s1. The molecule has 0 unspecified atom stereocenters. The molecule has 0 saturated carbocycles. The molecule has 37 heavy (non-hydrogen) atoms. The molecule has 2 atom stereocenters. The highest BCUT2D eigenvalue weighted by Gasteiger charge is 2.34. The van der Waals surface area contributed by atoms with Crippen LogP contribution >= 0.6 is 0 Å². The van der Waals surface area contributed by atoms with Crippen molar-refractivity contribution in [1.29, 1.82) is 0 Å². The number of rotatable bonds is 7. The van der Waals surface area contributed by atoms with Crippen LogP contribution in [-0.4, -0.2) is 58.7 Å². The van der Waals surface area contributed by atoms with Gasteiger partial charge >= 0.3 is 0 Å². The van der Waals surface area contributed by atoms with Gasteiger partial charge in [0.2, 0.25) is 0 Å². The molecule has 10 nitrogen and oxygen atoms in total. The van der Waals surface area contributed by atoms with Crippen molar-refractivity contribution >= 4 is 16.6 Å². The summed E-state index contributed by atoms with van der Waals surface area (Å²) < 4.78 is 18.6. The highest BCUT2D eigenvalue weighted by atomic mass is 16.5. The molecule has 10 heteroatoms. The van der Waals surface area contributed by atoms with Crippen LogP contribution < -0.4 is 19.9 Å². The number of benzene rings is 2. The van der Waals surface area contributed by atoms with Crippen LogP contribution in [0.1, 0.15) is 42.3 Å². The molecular formula is C27H30N6O4. The van der Waals surface area contributed by atoms with Crippen LogP contribution in [0, 0.1) is 0 Å². The minimum absolute atomic E-state index is 0.0585. The number of para-hydroxylation sites is 1. The fourth-order valence-corrected chi connectivity index (χ4v) is 5.55. The molecule has 0 bridgehead atoms. The Morgan fingerprint density at radius 2 is 1.97 bits per heavy atom. The van der Waals surface area contributed by atoms with E-state index in [0.29, 0.717) is 34.9 Å². The zero-order valence-corrected chi connectivity index (χ0v) is 21.0. The lowest BCUT2D eigenvalue weighted by Crippen LogP contribution is -2.39. The van der Waals surface area contributed by atoms with E-state index in [0.717, 1.165) is 49.9 Å². The summed E-state index contributed by atoms with van der Waals surface area (Å²) in [6.07, 6.45) is 4.01. The number of aryl methyl sites for hydroxylation is 1. The Bertz CT molecular complexity index is 1480. The highest BCUT2D eigenvalue weighted by Crippen LogP contribution is 2.38. The molecule has 192 valence electrons. The van der Waals surface area contributed by atoms with E-state index in [4.69, 9.17) is 14.2 Å². The molecule has 0 amide bonds. The van der Waals surface area contributed by atoms with E-state index in [1.807, 2.05) is 18.2 Å². The fourth-order valence-electron chi connectivity index (χ4n) is 5.55. The van der Waals surface area contributed by atoms with E-state index >= 15 is 0 Å². The Hall–Kier alpha value is -3.92. The van der Waals surface area contributed by atoms with Gasteiger partial charge in [0.25, 0.3) is 5.56 Å². The summed E-state index contributed by atoms with van der Waals surface area (Å²) in [5, 5.41) is 13.7. The van der Waals surface area contributed by atoms with E-state index < -0.39 is 6.04 Å². The largest absolute Gasteiger partial charge is 0.493 e. The Morgan fingerprint density at radius 3 is 2.78 bits per heavy atom. The SMILES string of the molecule is COc1cc2cc([C@@H](c3nnnn3C[C@H]3CCCO3)N3CCCc4ccccc43)c(=O)[nH]c2cc1OC. The maximum absolute atomic E-state index is 13.7. The summed E-state index contributed by atoms with van der Waals surface area (Å²) in [6.45, 7) is 2.07. The molecule has 1 fully saturated rings. The summed E-state index contributed by atoms with van der Waals surface area (Å²) in [5.74, 6) is 1.77. The molecule has 2 aliphatic heterocycles. The van der Waals surface area contributed by atoms with E-state index in [1.165, 1.54) is 5.56 Å². The van der Waals surface area contributed by atoms with Gasteiger partial charge in [0, 0.05) is 35.9 Å². The number of tetrazole rings is 1. The van der Waals surface area contributed by atoms with Gasteiger partial charge in [0.05, 0.1) is 32.4 Å². The number of fused-ring (bicyclic) bond motifs is 2. The number of nitrogens with one attached hydrogen (secondary N) is 1. The number of methoxy groups -OCH3 is 2. The third kappa shape index (κ3) is 4.31. The number of ether oxygens (including phenoxy) is 3. The van der Waals surface area contributed by atoms with Crippen molar-refractivity contribution in [3.05, 3.63) is 69.8 Å². The first-order valence-corrected chi connectivity index (χ1v) is 12.7. The molecule has 6 rings (SSSR count). The van der Waals surface area contributed by atoms with Gasteiger partial charge < -0.3 is 24.1 Å². The van der Waals surface area contributed by atoms with Gasteiger partial charge in [-0.1, -0.05) is 18.2 Å². The molecule has 0 radical (unpaired) electrons.